The Morgan fingerprint density at radius 2 is 1.44 bits per heavy atom. The fourth-order valence-electron chi connectivity index (χ4n) is 1.18. The predicted molar refractivity (Wildman–Crippen MR) is 56.0 cm³/mol. The summed E-state index contributed by atoms with van der Waals surface area (Å²) >= 11 is 0. The Morgan fingerprint density at radius 3 is 1.72 bits per heavy atom. The van der Waals surface area contributed by atoms with Crippen LogP contribution in [-0.2, 0) is 6.18 Å². The molecule has 98 valence electrons. The van der Waals surface area contributed by atoms with Crippen molar-refractivity contribution < 1.29 is 22.8 Å². The largest absolute Gasteiger partial charge is 0.416 e. The SMILES string of the molecule is CNC(=O)c1cc(C(F)(F)F)cc(C(=O)NC)n1. The Labute approximate surface area is 100 Å². The molecule has 1 heterocycles. The van der Waals surface area contributed by atoms with Crippen LogP contribution < -0.4 is 10.6 Å². The maximum atomic E-state index is 12.6. The number of alkyl halides is 3. The van der Waals surface area contributed by atoms with Crippen molar-refractivity contribution in [2.24, 2.45) is 0 Å². The van der Waals surface area contributed by atoms with Gasteiger partial charge in [-0.05, 0) is 12.1 Å². The smallest absolute Gasteiger partial charge is 0.354 e. The van der Waals surface area contributed by atoms with Crippen molar-refractivity contribution in [2.75, 3.05) is 14.1 Å². The number of aromatic nitrogens is 1. The molecule has 5 nitrogen and oxygen atoms in total. The van der Waals surface area contributed by atoms with Gasteiger partial charge in [-0.25, -0.2) is 4.98 Å². The van der Waals surface area contributed by atoms with E-state index in [-0.39, 0.29) is 0 Å². The van der Waals surface area contributed by atoms with E-state index in [4.69, 9.17) is 0 Å². The number of amides is 2. The molecule has 0 saturated heterocycles. The second kappa shape index (κ2) is 5.03. The number of halogens is 3. The molecule has 8 heteroatoms. The van der Waals surface area contributed by atoms with E-state index in [1.807, 2.05) is 0 Å². The highest BCUT2D eigenvalue weighted by Gasteiger charge is 2.32. The number of nitrogens with one attached hydrogen (secondary N) is 2. The molecule has 0 bridgehead atoms. The third-order valence-corrected chi connectivity index (χ3v) is 2.07. The molecule has 2 amide bonds. The number of hydrogen-bond acceptors (Lipinski definition) is 3. The lowest BCUT2D eigenvalue weighted by molar-refractivity contribution is -0.137. The van der Waals surface area contributed by atoms with E-state index in [9.17, 15) is 22.8 Å². The molecule has 1 aromatic rings. The van der Waals surface area contributed by atoms with Gasteiger partial charge in [-0.3, -0.25) is 9.59 Å². The lowest BCUT2D eigenvalue weighted by Gasteiger charge is -2.10. The van der Waals surface area contributed by atoms with Gasteiger partial charge in [0.15, 0.2) is 0 Å². The van der Waals surface area contributed by atoms with E-state index < -0.39 is 34.9 Å². The molecule has 0 aliphatic carbocycles. The van der Waals surface area contributed by atoms with E-state index in [1.54, 1.807) is 0 Å². The van der Waals surface area contributed by atoms with Crippen LogP contribution in [0.2, 0.25) is 0 Å². The quantitative estimate of drug-likeness (QED) is 0.828. The lowest BCUT2D eigenvalue weighted by atomic mass is 10.1. The van der Waals surface area contributed by atoms with Crippen molar-refractivity contribution in [3.63, 3.8) is 0 Å². The molecule has 0 fully saturated rings. The maximum absolute atomic E-state index is 12.6. The molecule has 1 rings (SSSR count). The summed E-state index contributed by atoms with van der Waals surface area (Å²) in [6.45, 7) is 0. The zero-order valence-electron chi connectivity index (χ0n) is 9.55. The Bertz CT molecular complexity index is 451. The molecule has 0 unspecified atom stereocenters. The molecular weight excluding hydrogens is 251 g/mol. The van der Waals surface area contributed by atoms with Crippen LogP contribution in [0.3, 0.4) is 0 Å². The molecule has 0 aromatic carbocycles. The minimum atomic E-state index is -4.66. The predicted octanol–water partition coefficient (Wildman–Crippen LogP) is 0.820. The van der Waals surface area contributed by atoms with Gasteiger partial charge in [0.05, 0.1) is 5.56 Å². The Balaban J connectivity index is 3.38. The first-order valence-electron chi connectivity index (χ1n) is 4.83. The monoisotopic (exact) mass is 261 g/mol. The van der Waals surface area contributed by atoms with Crippen LogP contribution in [-0.4, -0.2) is 30.9 Å². The summed E-state index contributed by atoms with van der Waals surface area (Å²) in [6, 6.07) is 1.18. The summed E-state index contributed by atoms with van der Waals surface area (Å²) < 4.78 is 37.8. The van der Waals surface area contributed by atoms with Gasteiger partial charge in [-0.1, -0.05) is 0 Å². The third-order valence-electron chi connectivity index (χ3n) is 2.07. The number of rotatable bonds is 2. The lowest BCUT2D eigenvalue weighted by Crippen LogP contribution is -2.25. The molecule has 0 atom stereocenters. The summed E-state index contributed by atoms with van der Waals surface area (Å²) in [4.78, 5) is 26.1. The van der Waals surface area contributed by atoms with Crippen LogP contribution in [0.4, 0.5) is 13.2 Å². The van der Waals surface area contributed by atoms with Gasteiger partial charge < -0.3 is 10.6 Å². The number of nitrogens with zero attached hydrogens (tertiary/aromatic N) is 1. The molecule has 0 spiro atoms. The summed E-state index contributed by atoms with van der Waals surface area (Å²) in [6.07, 6.45) is -4.66. The van der Waals surface area contributed by atoms with Gasteiger partial charge >= 0.3 is 6.18 Å². The van der Waals surface area contributed by atoms with Gasteiger partial charge in [-0.15, -0.1) is 0 Å². The number of carbonyl (C=O) groups is 2. The van der Waals surface area contributed by atoms with Crippen LogP contribution in [0.1, 0.15) is 26.5 Å². The first kappa shape index (κ1) is 13.9. The third kappa shape index (κ3) is 2.96. The highest BCUT2D eigenvalue weighted by molar-refractivity contribution is 5.96. The average molecular weight is 261 g/mol. The van der Waals surface area contributed by atoms with Crippen LogP contribution in [0.5, 0.6) is 0 Å². The first-order valence-corrected chi connectivity index (χ1v) is 4.83. The fraction of sp³-hybridized carbons (Fsp3) is 0.300. The second-order valence-electron chi connectivity index (χ2n) is 3.28. The highest BCUT2D eigenvalue weighted by atomic mass is 19.4. The molecule has 1 aromatic heterocycles. The van der Waals surface area contributed by atoms with Gasteiger partial charge in [-0.2, -0.15) is 13.2 Å². The molecule has 2 N–H and O–H groups in total. The van der Waals surface area contributed by atoms with Crippen molar-refractivity contribution in [3.8, 4) is 0 Å². The normalized spacial score (nSPS) is 10.9. The minimum Gasteiger partial charge on any atom is -0.354 e. The summed E-state index contributed by atoms with van der Waals surface area (Å²) in [5, 5.41) is 4.29. The summed E-state index contributed by atoms with van der Waals surface area (Å²) in [5.41, 5.74) is -2.04. The van der Waals surface area contributed by atoms with E-state index in [0.717, 1.165) is 0 Å². The van der Waals surface area contributed by atoms with Gasteiger partial charge in [0, 0.05) is 14.1 Å². The molecule has 18 heavy (non-hydrogen) atoms. The van der Waals surface area contributed by atoms with Gasteiger partial charge in [0.25, 0.3) is 11.8 Å². The topological polar surface area (TPSA) is 71.1 Å². The van der Waals surface area contributed by atoms with Crippen LogP contribution in [0.25, 0.3) is 0 Å². The fourth-order valence-corrected chi connectivity index (χ4v) is 1.18. The van der Waals surface area contributed by atoms with Crippen molar-refractivity contribution >= 4 is 11.8 Å². The van der Waals surface area contributed by atoms with Crippen LogP contribution in [0.15, 0.2) is 12.1 Å². The van der Waals surface area contributed by atoms with Crippen molar-refractivity contribution in [1.29, 1.82) is 0 Å². The minimum absolute atomic E-state index is 0.467. The van der Waals surface area contributed by atoms with Gasteiger partial charge in [0.2, 0.25) is 0 Å². The van der Waals surface area contributed by atoms with E-state index in [0.29, 0.717) is 12.1 Å². The van der Waals surface area contributed by atoms with Crippen LogP contribution >= 0.6 is 0 Å². The number of carbonyl (C=O) groups excluding carboxylic acids is 2. The zero-order valence-corrected chi connectivity index (χ0v) is 9.55. The molecule has 0 radical (unpaired) electrons. The Hall–Kier alpha value is -2.12. The molecule has 0 saturated carbocycles. The van der Waals surface area contributed by atoms with E-state index in [2.05, 4.69) is 15.6 Å². The molecule has 0 aliphatic rings. The average Bonchev–Trinajstić information content (AvgIpc) is 2.35. The summed E-state index contributed by atoms with van der Waals surface area (Å²) in [5.74, 6) is -1.60. The Morgan fingerprint density at radius 1 is 1.06 bits per heavy atom. The Kier molecular flexibility index (Phi) is 3.89. The van der Waals surface area contributed by atoms with Crippen molar-refractivity contribution in [3.05, 3.63) is 29.1 Å². The van der Waals surface area contributed by atoms with Crippen molar-refractivity contribution in [2.45, 2.75) is 6.18 Å². The van der Waals surface area contributed by atoms with Gasteiger partial charge in [0.1, 0.15) is 11.4 Å². The zero-order chi connectivity index (χ0) is 13.9. The van der Waals surface area contributed by atoms with E-state index >= 15 is 0 Å². The maximum Gasteiger partial charge on any atom is 0.416 e. The number of pyridine rings is 1. The molecule has 0 aliphatic heterocycles. The first-order chi connectivity index (χ1) is 8.29. The van der Waals surface area contributed by atoms with Crippen molar-refractivity contribution in [1.82, 2.24) is 15.6 Å². The van der Waals surface area contributed by atoms with Crippen LogP contribution in [0, 0.1) is 0 Å². The summed E-state index contributed by atoms with van der Waals surface area (Å²) in [7, 11) is 2.51. The van der Waals surface area contributed by atoms with E-state index in [1.165, 1.54) is 14.1 Å². The molecular formula is C10H10F3N3O2. The highest BCUT2D eigenvalue weighted by Crippen LogP contribution is 2.29. The number of hydrogen-bond donors (Lipinski definition) is 2. The second-order valence-corrected chi connectivity index (χ2v) is 3.28. The standard InChI is InChI=1S/C10H10F3N3O2/c1-14-8(17)6-3-5(10(11,12)13)4-7(16-6)9(18)15-2/h3-4H,1-2H3,(H,14,17)(H,15,18).